The molecule has 0 spiro atoms. The van der Waals surface area contributed by atoms with E-state index < -0.39 is 0 Å². The first-order valence-electron chi connectivity index (χ1n) is 6.53. The van der Waals surface area contributed by atoms with E-state index in [-0.39, 0.29) is 0 Å². The lowest BCUT2D eigenvalue weighted by atomic mass is 9.80. The Morgan fingerprint density at radius 3 is 2.29 bits per heavy atom. The summed E-state index contributed by atoms with van der Waals surface area (Å²) in [5.74, 6) is 1.81. The molecule has 1 fully saturated rings. The highest BCUT2D eigenvalue weighted by Crippen LogP contribution is 2.34. The second-order valence-corrected chi connectivity index (χ2v) is 7.46. The molecule has 94 valence electrons. The number of hydrogen-bond acceptors (Lipinski definition) is 0. The van der Waals surface area contributed by atoms with Gasteiger partial charge in [0.05, 0.1) is 0 Å². The van der Waals surface area contributed by atoms with E-state index in [1.54, 1.807) is 0 Å². The van der Waals surface area contributed by atoms with Crippen molar-refractivity contribution in [3.63, 3.8) is 0 Å². The molecule has 1 unspecified atom stereocenters. The lowest BCUT2D eigenvalue weighted by Crippen LogP contribution is -2.22. The first kappa shape index (κ1) is 13.6. The van der Waals surface area contributed by atoms with E-state index in [9.17, 15) is 0 Å². The molecule has 2 heteroatoms. The summed E-state index contributed by atoms with van der Waals surface area (Å²) >= 11 is 7.39. The van der Waals surface area contributed by atoms with Crippen LogP contribution in [0.1, 0.15) is 38.2 Å². The second-order valence-electron chi connectivity index (χ2n) is 5.37. The molecule has 0 radical (unpaired) electrons. The van der Waals surface area contributed by atoms with Gasteiger partial charge in [-0.3, -0.25) is 0 Å². The summed E-state index contributed by atoms with van der Waals surface area (Å²) in [7, 11) is 0. The predicted octanol–water partition coefficient (Wildman–Crippen LogP) is 5.58. The maximum atomic E-state index is 3.90. The Labute approximate surface area is 121 Å². The molecule has 2 rings (SSSR count). The van der Waals surface area contributed by atoms with Gasteiger partial charge < -0.3 is 0 Å². The summed E-state index contributed by atoms with van der Waals surface area (Å²) < 4.78 is 1.17. The van der Waals surface area contributed by atoms with Crippen molar-refractivity contribution in [3.05, 3.63) is 34.3 Å². The van der Waals surface area contributed by atoms with Crippen molar-refractivity contribution in [2.45, 2.75) is 43.9 Å². The molecule has 0 nitrogen and oxygen atoms in total. The van der Waals surface area contributed by atoms with Crippen LogP contribution in [0.4, 0.5) is 0 Å². The second kappa shape index (κ2) is 6.38. The minimum Gasteiger partial charge on any atom is -0.0884 e. The Morgan fingerprint density at radius 2 is 1.71 bits per heavy atom. The number of hydrogen-bond donors (Lipinski definition) is 0. The summed E-state index contributed by atoms with van der Waals surface area (Å²) in [5, 5.41) is 0. The van der Waals surface area contributed by atoms with Crippen molar-refractivity contribution < 1.29 is 0 Å². The number of halogens is 2. The molecule has 1 aliphatic rings. The van der Waals surface area contributed by atoms with Crippen LogP contribution < -0.4 is 0 Å². The molecule has 1 aromatic rings. The summed E-state index contributed by atoms with van der Waals surface area (Å²) in [5.41, 5.74) is 1.44. The van der Waals surface area contributed by atoms with Crippen molar-refractivity contribution in [3.8, 4) is 0 Å². The average molecular weight is 360 g/mol. The molecule has 0 heterocycles. The third-order valence-electron chi connectivity index (χ3n) is 3.92. The fourth-order valence-electron chi connectivity index (χ4n) is 2.66. The number of benzene rings is 1. The lowest BCUT2D eigenvalue weighted by Gasteiger charge is -2.29. The Hall–Kier alpha value is 0.180. The SMILES string of the molecule is CC1CCC(C(Br)Cc2ccc(Br)cc2)CC1. The minimum absolute atomic E-state index is 0.649. The topological polar surface area (TPSA) is 0 Å². The highest BCUT2D eigenvalue weighted by Gasteiger charge is 2.24. The number of alkyl halides is 1. The monoisotopic (exact) mass is 358 g/mol. The average Bonchev–Trinajstić information content (AvgIpc) is 2.33. The highest BCUT2D eigenvalue weighted by molar-refractivity contribution is 9.10. The standard InChI is InChI=1S/C15H20Br2/c1-11-2-6-13(7-3-11)15(17)10-12-4-8-14(16)9-5-12/h4-5,8-9,11,13,15H,2-3,6-7,10H2,1H3. The molecule has 0 amide bonds. The minimum atomic E-state index is 0.649. The highest BCUT2D eigenvalue weighted by atomic mass is 79.9. The van der Waals surface area contributed by atoms with Crippen molar-refractivity contribution in [2.75, 3.05) is 0 Å². The van der Waals surface area contributed by atoms with Gasteiger partial charge in [0.1, 0.15) is 0 Å². The third kappa shape index (κ3) is 4.10. The van der Waals surface area contributed by atoms with E-state index >= 15 is 0 Å². The van der Waals surface area contributed by atoms with Crippen LogP contribution in [0.5, 0.6) is 0 Å². The first-order chi connectivity index (χ1) is 8.15. The summed E-state index contributed by atoms with van der Waals surface area (Å²) in [6.45, 7) is 2.38. The van der Waals surface area contributed by atoms with Crippen LogP contribution in [0.2, 0.25) is 0 Å². The fourth-order valence-corrected chi connectivity index (χ4v) is 3.83. The van der Waals surface area contributed by atoms with Gasteiger partial charge in [0.15, 0.2) is 0 Å². The van der Waals surface area contributed by atoms with Crippen LogP contribution in [0.3, 0.4) is 0 Å². The lowest BCUT2D eigenvalue weighted by molar-refractivity contribution is 0.285. The van der Waals surface area contributed by atoms with Gasteiger partial charge in [-0.15, -0.1) is 0 Å². The van der Waals surface area contributed by atoms with Crippen molar-refractivity contribution in [1.29, 1.82) is 0 Å². The van der Waals surface area contributed by atoms with Crippen LogP contribution >= 0.6 is 31.9 Å². The molecular weight excluding hydrogens is 340 g/mol. The van der Waals surface area contributed by atoms with E-state index in [1.807, 2.05) is 0 Å². The fraction of sp³-hybridized carbons (Fsp3) is 0.600. The Balaban J connectivity index is 1.88. The largest absolute Gasteiger partial charge is 0.0884 e. The molecule has 0 bridgehead atoms. The van der Waals surface area contributed by atoms with Crippen molar-refractivity contribution in [1.82, 2.24) is 0 Å². The van der Waals surface area contributed by atoms with E-state index in [0.717, 1.165) is 18.3 Å². The summed E-state index contributed by atoms with van der Waals surface area (Å²) in [6, 6.07) is 8.73. The molecular formula is C15H20Br2. The molecule has 1 atom stereocenters. The Kier molecular flexibility index (Phi) is 5.10. The molecule has 1 aliphatic carbocycles. The smallest absolute Gasteiger partial charge is 0.0214 e. The molecule has 1 saturated carbocycles. The molecule has 0 saturated heterocycles. The third-order valence-corrected chi connectivity index (χ3v) is 5.52. The first-order valence-corrected chi connectivity index (χ1v) is 8.24. The molecule has 0 aromatic heterocycles. The van der Waals surface area contributed by atoms with Crippen LogP contribution in [-0.2, 0) is 6.42 Å². The summed E-state index contributed by atoms with van der Waals surface area (Å²) in [4.78, 5) is 0.649. The van der Waals surface area contributed by atoms with E-state index in [0.29, 0.717) is 4.83 Å². The van der Waals surface area contributed by atoms with E-state index in [4.69, 9.17) is 0 Å². The van der Waals surface area contributed by atoms with Gasteiger partial charge in [0, 0.05) is 9.30 Å². The molecule has 1 aromatic carbocycles. The predicted molar refractivity (Wildman–Crippen MR) is 81.7 cm³/mol. The van der Waals surface area contributed by atoms with Gasteiger partial charge in [-0.05, 0) is 48.8 Å². The van der Waals surface area contributed by atoms with Crippen LogP contribution in [0.25, 0.3) is 0 Å². The van der Waals surface area contributed by atoms with Gasteiger partial charge in [0.2, 0.25) is 0 Å². The maximum Gasteiger partial charge on any atom is 0.0214 e. The van der Waals surface area contributed by atoms with Crippen LogP contribution in [0, 0.1) is 11.8 Å². The molecule has 0 N–H and O–H groups in total. The van der Waals surface area contributed by atoms with Gasteiger partial charge in [-0.1, -0.05) is 63.8 Å². The number of rotatable bonds is 3. The van der Waals surface area contributed by atoms with E-state index in [2.05, 4.69) is 63.0 Å². The van der Waals surface area contributed by atoms with Crippen LogP contribution in [0.15, 0.2) is 28.7 Å². The normalized spacial score (nSPS) is 26.8. The van der Waals surface area contributed by atoms with Crippen molar-refractivity contribution >= 4 is 31.9 Å². The quantitative estimate of drug-likeness (QED) is 0.618. The van der Waals surface area contributed by atoms with Crippen LogP contribution in [-0.4, -0.2) is 4.83 Å². The van der Waals surface area contributed by atoms with Gasteiger partial charge in [-0.25, -0.2) is 0 Å². The zero-order valence-corrected chi connectivity index (χ0v) is 13.5. The molecule has 0 aliphatic heterocycles. The van der Waals surface area contributed by atoms with E-state index in [1.165, 1.54) is 35.7 Å². The van der Waals surface area contributed by atoms with Gasteiger partial charge in [-0.2, -0.15) is 0 Å². The zero-order chi connectivity index (χ0) is 12.3. The van der Waals surface area contributed by atoms with Crippen molar-refractivity contribution in [2.24, 2.45) is 11.8 Å². The maximum absolute atomic E-state index is 3.90. The van der Waals surface area contributed by atoms with Gasteiger partial charge >= 0.3 is 0 Å². The zero-order valence-electron chi connectivity index (χ0n) is 10.3. The summed E-state index contributed by atoms with van der Waals surface area (Å²) in [6.07, 6.45) is 6.77. The molecule has 17 heavy (non-hydrogen) atoms. The Bertz CT molecular complexity index is 336. The Morgan fingerprint density at radius 1 is 1.12 bits per heavy atom. The van der Waals surface area contributed by atoms with Gasteiger partial charge in [0.25, 0.3) is 0 Å².